The molecular formula is C11H8Cl2F3N3OS. The number of thioether (sulfide) groups is 1. The van der Waals surface area contributed by atoms with Gasteiger partial charge in [-0.1, -0.05) is 35.0 Å². The first kappa shape index (κ1) is 17.8. The van der Waals surface area contributed by atoms with E-state index in [4.69, 9.17) is 28.5 Å². The second kappa shape index (κ2) is 7.64. The Bertz CT molecular complexity index is 578. The first-order valence-electron chi connectivity index (χ1n) is 5.22. The lowest BCUT2D eigenvalue weighted by molar-refractivity contribution is -0.198. The van der Waals surface area contributed by atoms with Gasteiger partial charge in [-0.05, 0) is 18.4 Å². The van der Waals surface area contributed by atoms with Crippen LogP contribution in [-0.2, 0) is 0 Å². The summed E-state index contributed by atoms with van der Waals surface area (Å²) in [6.45, 7) is 0. The fourth-order valence-electron chi connectivity index (χ4n) is 1.13. The van der Waals surface area contributed by atoms with E-state index in [1.807, 2.05) is 0 Å². The van der Waals surface area contributed by atoms with E-state index in [9.17, 15) is 13.2 Å². The average molecular weight is 358 g/mol. The number of nitrogens with one attached hydrogen (secondary N) is 1. The van der Waals surface area contributed by atoms with Gasteiger partial charge in [0.15, 0.2) is 11.4 Å². The van der Waals surface area contributed by atoms with Crippen molar-refractivity contribution in [2.24, 2.45) is 4.99 Å². The highest BCUT2D eigenvalue weighted by Gasteiger charge is 2.42. The molecule has 1 unspecified atom stereocenters. The van der Waals surface area contributed by atoms with Crippen molar-refractivity contribution in [1.29, 1.82) is 5.26 Å². The number of halogens is 5. The summed E-state index contributed by atoms with van der Waals surface area (Å²) in [5, 5.41) is 11.1. The molecule has 1 N–H and O–H groups in total. The van der Waals surface area contributed by atoms with Gasteiger partial charge >= 0.3 is 6.11 Å². The fourth-order valence-corrected chi connectivity index (χ4v) is 1.67. The van der Waals surface area contributed by atoms with Gasteiger partial charge in [-0.2, -0.15) is 14.0 Å². The highest BCUT2D eigenvalue weighted by molar-refractivity contribution is 8.13. The highest BCUT2D eigenvalue weighted by atomic mass is 35.5. The van der Waals surface area contributed by atoms with Crippen molar-refractivity contribution in [3.05, 3.63) is 23.2 Å². The maximum absolute atomic E-state index is 13.1. The van der Waals surface area contributed by atoms with Gasteiger partial charge in [0.1, 0.15) is 5.75 Å². The Morgan fingerprint density at radius 3 is 2.76 bits per heavy atom. The minimum absolute atomic E-state index is 0.0713. The molecule has 0 aromatic heterocycles. The summed E-state index contributed by atoms with van der Waals surface area (Å²) in [5.41, 5.74) is -2.93. The number of aliphatic imine (C=N–C) groups is 1. The van der Waals surface area contributed by atoms with Gasteiger partial charge in [0.05, 0.1) is 10.7 Å². The Labute approximate surface area is 132 Å². The third-order valence-corrected chi connectivity index (χ3v) is 3.16. The molecule has 0 aliphatic rings. The summed E-state index contributed by atoms with van der Waals surface area (Å²) >= 11 is 11.7. The van der Waals surface area contributed by atoms with Crippen molar-refractivity contribution < 1.29 is 17.9 Å². The molecule has 0 heterocycles. The van der Waals surface area contributed by atoms with Gasteiger partial charge in [-0.15, -0.1) is 0 Å². The molecule has 0 radical (unpaired) electrons. The van der Waals surface area contributed by atoms with E-state index in [1.54, 1.807) is 12.4 Å². The fraction of sp³-hybridized carbons (Fsp3) is 0.273. The lowest BCUT2D eigenvalue weighted by Gasteiger charge is -2.18. The molecule has 1 rings (SSSR count). The quantitative estimate of drug-likeness (QED) is 0.287. The van der Waals surface area contributed by atoms with E-state index in [0.717, 1.165) is 23.9 Å². The van der Waals surface area contributed by atoms with E-state index in [-0.39, 0.29) is 21.6 Å². The number of hydrogen-bond acceptors (Lipinski definition) is 4. The first-order chi connectivity index (χ1) is 9.80. The number of rotatable bonds is 4. The Hall–Kier alpha value is -1.30. The molecule has 0 fully saturated rings. The molecule has 1 aromatic rings. The van der Waals surface area contributed by atoms with Crippen molar-refractivity contribution >= 4 is 45.8 Å². The minimum atomic E-state index is -4.19. The molecule has 1 atom stereocenters. The van der Waals surface area contributed by atoms with Crippen molar-refractivity contribution in [3.8, 4) is 11.9 Å². The molecule has 10 heteroatoms. The van der Waals surface area contributed by atoms with E-state index in [0.29, 0.717) is 0 Å². The maximum atomic E-state index is 13.1. The SMILES string of the molecule is CSC(=Nc1cc(OC(F)(F)C(F)Cl)ccc1Cl)NC#N. The highest BCUT2D eigenvalue weighted by Crippen LogP contribution is 2.34. The number of amidine groups is 1. The Kier molecular flexibility index (Phi) is 6.45. The second-order valence-electron chi connectivity index (χ2n) is 3.44. The molecule has 0 amide bonds. The topological polar surface area (TPSA) is 57.4 Å². The predicted octanol–water partition coefficient (Wildman–Crippen LogP) is 4.27. The summed E-state index contributed by atoms with van der Waals surface area (Å²) in [6, 6.07) is 3.44. The number of ether oxygens (including phenoxy) is 1. The molecule has 0 saturated carbocycles. The van der Waals surface area contributed by atoms with Crippen LogP contribution >= 0.6 is 35.0 Å². The third kappa shape index (κ3) is 5.19. The number of nitrogens with zero attached hydrogens (tertiary/aromatic N) is 2. The smallest absolute Gasteiger partial charge is 0.429 e. The van der Waals surface area contributed by atoms with Crippen LogP contribution in [0.3, 0.4) is 0 Å². The zero-order valence-electron chi connectivity index (χ0n) is 10.4. The standard InChI is InChI=1S/C11H8Cl2F3N3OS/c1-21-10(18-5-17)19-8-4-6(2-3-7(8)12)20-11(15,16)9(13)14/h2-4,9H,1H3,(H,18,19). The zero-order chi connectivity index (χ0) is 16.0. The summed E-state index contributed by atoms with van der Waals surface area (Å²) in [6.07, 6.45) is -0.882. The van der Waals surface area contributed by atoms with Crippen molar-refractivity contribution in [1.82, 2.24) is 5.32 Å². The number of hydrogen-bond donors (Lipinski definition) is 1. The van der Waals surface area contributed by atoms with Gasteiger partial charge in [0, 0.05) is 6.07 Å². The van der Waals surface area contributed by atoms with Gasteiger partial charge < -0.3 is 4.74 Å². The average Bonchev–Trinajstić information content (AvgIpc) is 2.41. The predicted molar refractivity (Wildman–Crippen MR) is 77.1 cm³/mol. The van der Waals surface area contributed by atoms with Crippen LogP contribution < -0.4 is 10.1 Å². The van der Waals surface area contributed by atoms with Gasteiger partial charge in [-0.25, -0.2) is 9.38 Å². The van der Waals surface area contributed by atoms with Gasteiger partial charge in [0.25, 0.3) is 5.63 Å². The third-order valence-electron chi connectivity index (χ3n) is 2.00. The molecule has 114 valence electrons. The molecular weight excluding hydrogens is 350 g/mol. The molecule has 0 aliphatic heterocycles. The molecule has 0 saturated heterocycles. The normalized spacial score (nSPS) is 13.5. The van der Waals surface area contributed by atoms with Crippen LogP contribution in [0.5, 0.6) is 5.75 Å². The van der Waals surface area contributed by atoms with E-state index in [1.165, 1.54) is 6.07 Å². The van der Waals surface area contributed by atoms with Crippen molar-refractivity contribution in [2.45, 2.75) is 11.7 Å². The van der Waals surface area contributed by atoms with Crippen LogP contribution in [-0.4, -0.2) is 23.2 Å². The summed E-state index contributed by atoms with van der Waals surface area (Å²) in [4.78, 5) is 3.96. The molecule has 1 aromatic carbocycles. The van der Waals surface area contributed by atoms with Crippen LogP contribution in [0.15, 0.2) is 23.2 Å². The Morgan fingerprint density at radius 1 is 1.57 bits per heavy atom. The largest absolute Gasteiger partial charge is 0.444 e. The lowest BCUT2D eigenvalue weighted by Crippen LogP contribution is -2.32. The molecule has 0 aliphatic carbocycles. The monoisotopic (exact) mass is 357 g/mol. The molecule has 21 heavy (non-hydrogen) atoms. The van der Waals surface area contributed by atoms with E-state index in [2.05, 4.69) is 15.0 Å². The van der Waals surface area contributed by atoms with Crippen LogP contribution in [0.1, 0.15) is 0 Å². The van der Waals surface area contributed by atoms with Crippen molar-refractivity contribution in [3.63, 3.8) is 0 Å². The molecule has 0 bridgehead atoms. The van der Waals surface area contributed by atoms with Crippen molar-refractivity contribution in [2.75, 3.05) is 6.26 Å². The van der Waals surface area contributed by atoms with Crippen LogP contribution in [0.4, 0.5) is 18.9 Å². The van der Waals surface area contributed by atoms with Crippen LogP contribution in [0, 0.1) is 11.5 Å². The molecule has 0 spiro atoms. The van der Waals surface area contributed by atoms with E-state index < -0.39 is 11.7 Å². The van der Waals surface area contributed by atoms with Gasteiger partial charge in [-0.3, -0.25) is 5.32 Å². The summed E-state index contributed by atoms with van der Waals surface area (Å²) in [5.74, 6) is -0.371. The second-order valence-corrected chi connectivity index (χ2v) is 5.02. The Morgan fingerprint density at radius 2 is 2.24 bits per heavy atom. The van der Waals surface area contributed by atoms with Gasteiger partial charge in [0.2, 0.25) is 0 Å². The lowest BCUT2D eigenvalue weighted by atomic mass is 10.3. The minimum Gasteiger partial charge on any atom is -0.429 e. The van der Waals surface area contributed by atoms with Crippen LogP contribution in [0.2, 0.25) is 5.02 Å². The molecule has 4 nitrogen and oxygen atoms in total. The summed E-state index contributed by atoms with van der Waals surface area (Å²) < 4.78 is 42.8. The first-order valence-corrected chi connectivity index (χ1v) is 7.26. The maximum Gasteiger partial charge on any atom is 0.444 e. The number of nitriles is 1. The summed E-state index contributed by atoms with van der Waals surface area (Å²) in [7, 11) is 0. The van der Waals surface area contributed by atoms with Crippen LogP contribution in [0.25, 0.3) is 0 Å². The van der Waals surface area contributed by atoms with E-state index >= 15 is 0 Å². The Balaban J connectivity index is 3.08. The zero-order valence-corrected chi connectivity index (χ0v) is 12.7. The number of benzene rings is 1. The number of alkyl halides is 4.